The van der Waals surface area contributed by atoms with Crippen molar-refractivity contribution in [2.75, 3.05) is 7.11 Å². The highest BCUT2D eigenvalue weighted by molar-refractivity contribution is 7.80. The smallest absolute Gasteiger partial charge is 0.251 e. The molecule has 0 aliphatic heterocycles. The lowest BCUT2D eigenvalue weighted by Crippen LogP contribution is -2.33. The Kier molecular flexibility index (Phi) is 4.24. The molecule has 2 unspecified atom stereocenters. The van der Waals surface area contributed by atoms with Gasteiger partial charge in [-0.2, -0.15) is 0 Å². The number of rotatable bonds is 3. The summed E-state index contributed by atoms with van der Waals surface area (Å²) in [5.41, 5.74) is 0.433. The molecule has 1 aliphatic carbocycles. The number of ether oxygens (including phenoxy) is 1. The summed E-state index contributed by atoms with van der Waals surface area (Å²) in [6, 6.07) is 4.30. The van der Waals surface area contributed by atoms with Crippen molar-refractivity contribution >= 4 is 18.5 Å². The summed E-state index contributed by atoms with van der Waals surface area (Å²) in [6.45, 7) is 0. The van der Waals surface area contributed by atoms with E-state index in [0.29, 0.717) is 5.56 Å². The molecule has 18 heavy (non-hydrogen) atoms. The minimum Gasteiger partial charge on any atom is -0.381 e. The largest absolute Gasteiger partial charge is 0.381 e. The van der Waals surface area contributed by atoms with Crippen LogP contribution < -0.4 is 5.32 Å². The van der Waals surface area contributed by atoms with Crippen LogP contribution in [-0.2, 0) is 4.74 Å². The summed E-state index contributed by atoms with van der Waals surface area (Å²) in [6.07, 6.45) is 2.93. The Labute approximate surface area is 111 Å². The van der Waals surface area contributed by atoms with E-state index in [1.165, 1.54) is 18.2 Å². The predicted octanol–water partition coefficient (Wildman–Crippen LogP) is 2.41. The van der Waals surface area contributed by atoms with E-state index in [1.54, 1.807) is 7.11 Å². The van der Waals surface area contributed by atoms with Crippen LogP contribution in [0, 0.1) is 5.82 Å². The van der Waals surface area contributed by atoms with E-state index in [9.17, 15) is 9.18 Å². The highest BCUT2D eigenvalue weighted by Crippen LogP contribution is 2.22. The first kappa shape index (κ1) is 13.4. The lowest BCUT2D eigenvalue weighted by Gasteiger charge is -2.13. The molecule has 0 spiro atoms. The van der Waals surface area contributed by atoms with Gasteiger partial charge in [0, 0.05) is 23.6 Å². The van der Waals surface area contributed by atoms with Crippen LogP contribution in [-0.4, -0.2) is 25.2 Å². The zero-order valence-electron chi connectivity index (χ0n) is 10.1. The number of amides is 1. The molecule has 2 rings (SSSR count). The van der Waals surface area contributed by atoms with E-state index in [4.69, 9.17) is 4.74 Å². The fourth-order valence-electron chi connectivity index (χ4n) is 2.21. The molecule has 0 aromatic heterocycles. The van der Waals surface area contributed by atoms with Crippen molar-refractivity contribution in [2.45, 2.75) is 36.3 Å². The number of halogens is 1. The quantitative estimate of drug-likeness (QED) is 0.827. The molecule has 98 valence electrons. The number of methoxy groups -OCH3 is 1. The van der Waals surface area contributed by atoms with Gasteiger partial charge in [0.05, 0.1) is 6.10 Å². The molecule has 1 saturated carbocycles. The number of carbonyl (C=O) groups is 1. The average molecular weight is 269 g/mol. The first-order chi connectivity index (χ1) is 8.60. The van der Waals surface area contributed by atoms with Crippen molar-refractivity contribution in [1.82, 2.24) is 5.32 Å². The minimum atomic E-state index is -0.421. The van der Waals surface area contributed by atoms with E-state index in [-0.39, 0.29) is 22.9 Å². The fourth-order valence-corrected chi connectivity index (χ4v) is 2.42. The second-order valence-electron chi connectivity index (χ2n) is 4.51. The van der Waals surface area contributed by atoms with E-state index < -0.39 is 5.82 Å². The van der Waals surface area contributed by atoms with Gasteiger partial charge in [-0.25, -0.2) is 4.39 Å². The van der Waals surface area contributed by atoms with Gasteiger partial charge in [-0.3, -0.25) is 4.79 Å². The number of hydrogen-bond acceptors (Lipinski definition) is 3. The number of carbonyl (C=O) groups excluding carboxylic acids is 1. The lowest BCUT2D eigenvalue weighted by atomic mass is 10.1. The number of thiol groups is 1. The second kappa shape index (κ2) is 5.71. The van der Waals surface area contributed by atoms with Gasteiger partial charge in [0.25, 0.3) is 5.91 Å². The minimum absolute atomic E-state index is 0.135. The number of benzene rings is 1. The zero-order chi connectivity index (χ0) is 13.1. The highest BCUT2D eigenvalue weighted by atomic mass is 32.1. The SMILES string of the molecule is COC1CCC(NC(=O)c2ccc(F)c(S)c2)C1. The van der Waals surface area contributed by atoms with Crippen molar-refractivity contribution in [3.8, 4) is 0 Å². The number of hydrogen-bond donors (Lipinski definition) is 2. The second-order valence-corrected chi connectivity index (χ2v) is 4.99. The average Bonchev–Trinajstić information content (AvgIpc) is 2.80. The first-order valence-electron chi connectivity index (χ1n) is 5.92. The third-order valence-electron chi connectivity index (χ3n) is 3.26. The molecule has 0 saturated heterocycles. The van der Waals surface area contributed by atoms with E-state index in [0.717, 1.165) is 19.3 Å². The molecule has 3 nitrogen and oxygen atoms in total. The van der Waals surface area contributed by atoms with Gasteiger partial charge in [0.15, 0.2) is 0 Å². The van der Waals surface area contributed by atoms with Crippen LogP contribution in [0.4, 0.5) is 4.39 Å². The molecule has 1 N–H and O–H groups in total. The van der Waals surface area contributed by atoms with Gasteiger partial charge in [0.2, 0.25) is 0 Å². The molecule has 1 aromatic carbocycles. The molecule has 0 bridgehead atoms. The highest BCUT2D eigenvalue weighted by Gasteiger charge is 2.25. The van der Waals surface area contributed by atoms with Gasteiger partial charge in [0.1, 0.15) is 5.82 Å². The van der Waals surface area contributed by atoms with Crippen molar-refractivity contribution in [3.05, 3.63) is 29.6 Å². The van der Waals surface area contributed by atoms with Crippen LogP contribution in [0.2, 0.25) is 0 Å². The monoisotopic (exact) mass is 269 g/mol. The third-order valence-corrected chi connectivity index (χ3v) is 3.60. The Morgan fingerprint density at radius 2 is 2.28 bits per heavy atom. The summed E-state index contributed by atoms with van der Waals surface area (Å²) in [7, 11) is 1.68. The molecule has 1 fully saturated rings. The zero-order valence-corrected chi connectivity index (χ0v) is 11.0. The fraction of sp³-hybridized carbons (Fsp3) is 0.462. The molecular weight excluding hydrogens is 253 g/mol. The van der Waals surface area contributed by atoms with Crippen LogP contribution in [0.15, 0.2) is 23.1 Å². The van der Waals surface area contributed by atoms with Crippen LogP contribution in [0.25, 0.3) is 0 Å². The molecule has 2 atom stereocenters. The van der Waals surface area contributed by atoms with Crippen molar-refractivity contribution in [2.24, 2.45) is 0 Å². The van der Waals surface area contributed by atoms with Gasteiger partial charge in [-0.1, -0.05) is 0 Å². The van der Waals surface area contributed by atoms with Crippen molar-refractivity contribution in [3.63, 3.8) is 0 Å². The molecule has 1 amide bonds. The third kappa shape index (κ3) is 3.03. The topological polar surface area (TPSA) is 38.3 Å². The maximum atomic E-state index is 13.0. The van der Waals surface area contributed by atoms with Gasteiger partial charge in [-0.15, -0.1) is 12.6 Å². The Morgan fingerprint density at radius 3 is 2.89 bits per heavy atom. The van der Waals surface area contributed by atoms with Crippen LogP contribution in [0.1, 0.15) is 29.6 Å². The Balaban J connectivity index is 1.97. The molecule has 0 radical (unpaired) electrons. The standard InChI is InChI=1S/C13H16FNO2S/c1-17-10-4-3-9(7-10)15-13(16)8-2-5-11(14)12(18)6-8/h2,5-6,9-10,18H,3-4,7H2,1H3,(H,15,16). The molecular formula is C13H16FNO2S. The molecule has 1 aromatic rings. The summed E-state index contributed by atoms with van der Waals surface area (Å²) < 4.78 is 18.3. The maximum Gasteiger partial charge on any atom is 0.251 e. The van der Waals surface area contributed by atoms with Gasteiger partial charge >= 0.3 is 0 Å². The summed E-state index contributed by atoms with van der Waals surface area (Å²) in [5.74, 6) is -0.609. The summed E-state index contributed by atoms with van der Waals surface area (Å²) in [4.78, 5) is 12.1. The van der Waals surface area contributed by atoms with E-state index in [1.807, 2.05) is 0 Å². The summed E-state index contributed by atoms with van der Waals surface area (Å²) in [5, 5.41) is 2.93. The van der Waals surface area contributed by atoms with Crippen molar-refractivity contribution in [1.29, 1.82) is 0 Å². The maximum absolute atomic E-state index is 13.0. The van der Waals surface area contributed by atoms with Crippen LogP contribution in [0.5, 0.6) is 0 Å². The Bertz CT molecular complexity index is 453. The Hall–Kier alpha value is -1.07. The summed E-state index contributed by atoms with van der Waals surface area (Å²) >= 11 is 3.97. The van der Waals surface area contributed by atoms with Crippen LogP contribution in [0.3, 0.4) is 0 Å². The van der Waals surface area contributed by atoms with Crippen molar-refractivity contribution < 1.29 is 13.9 Å². The predicted molar refractivity (Wildman–Crippen MR) is 69.6 cm³/mol. The molecule has 1 aliphatic rings. The Morgan fingerprint density at radius 1 is 1.50 bits per heavy atom. The lowest BCUT2D eigenvalue weighted by molar-refractivity contribution is 0.0914. The van der Waals surface area contributed by atoms with Gasteiger partial charge < -0.3 is 10.1 Å². The van der Waals surface area contributed by atoms with Crippen LogP contribution >= 0.6 is 12.6 Å². The molecule has 5 heteroatoms. The molecule has 0 heterocycles. The van der Waals surface area contributed by atoms with E-state index >= 15 is 0 Å². The number of nitrogens with one attached hydrogen (secondary N) is 1. The van der Waals surface area contributed by atoms with E-state index in [2.05, 4.69) is 17.9 Å². The normalized spacial score (nSPS) is 23.1. The van der Waals surface area contributed by atoms with Gasteiger partial charge in [-0.05, 0) is 37.5 Å². The first-order valence-corrected chi connectivity index (χ1v) is 6.37.